The lowest BCUT2D eigenvalue weighted by atomic mass is 10.0. The Kier molecular flexibility index (Phi) is 2.72. The van der Waals surface area contributed by atoms with E-state index in [1.165, 1.54) is 4.90 Å². The number of carbonyl (C=O) groups is 3. The van der Waals surface area contributed by atoms with Crippen LogP contribution < -0.4 is 5.43 Å². The van der Waals surface area contributed by atoms with Crippen LogP contribution in [0.3, 0.4) is 0 Å². The van der Waals surface area contributed by atoms with Gasteiger partial charge in [0.05, 0.1) is 18.9 Å². The molecule has 6 heteroatoms. The molecule has 1 unspecified atom stereocenters. The second-order valence-corrected chi connectivity index (χ2v) is 4.10. The second kappa shape index (κ2) is 4.03. The Morgan fingerprint density at radius 3 is 2.69 bits per heavy atom. The molecule has 1 saturated heterocycles. The maximum Gasteiger partial charge on any atom is 0.248 e. The summed E-state index contributed by atoms with van der Waals surface area (Å²) >= 11 is 0. The highest BCUT2D eigenvalue weighted by molar-refractivity contribution is 6.07. The van der Waals surface area contributed by atoms with E-state index in [1.54, 1.807) is 6.92 Å². The first kappa shape index (κ1) is 10.8. The first-order chi connectivity index (χ1) is 7.58. The Labute approximate surface area is 92.7 Å². The maximum absolute atomic E-state index is 11.3. The maximum atomic E-state index is 11.3. The molecule has 6 nitrogen and oxygen atoms in total. The van der Waals surface area contributed by atoms with Crippen molar-refractivity contribution in [1.29, 1.82) is 0 Å². The Balaban J connectivity index is 1.88. The Hall–Kier alpha value is -1.72. The lowest BCUT2D eigenvalue weighted by molar-refractivity contribution is -0.129. The average Bonchev–Trinajstić information content (AvgIpc) is 2.69. The van der Waals surface area contributed by atoms with Crippen molar-refractivity contribution in [2.45, 2.75) is 19.8 Å². The number of hydrogen-bond donors (Lipinski definition) is 1. The van der Waals surface area contributed by atoms with Crippen LogP contribution in [0.25, 0.3) is 0 Å². The zero-order valence-corrected chi connectivity index (χ0v) is 9.02. The fraction of sp³-hybridized carbons (Fsp3) is 0.600. The number of likely N-dealkylation sites (tertiary alicyclic amines) is 1. The van der Waals surface area contributed by atoms with E-state index >= 15 is 0 Å². The smallest absolute Gasteiger partial charge is 0.248 e. The minimum atomic E-state index is -0.261. The molecular weight excluding hydrogens is 210 g/mol. The van der Waals surface area contributed by atoms with Gasteiger partial charge in [0.2, 0.25) is 11.8 Å². The number of nitrogens with one attached hydrogen (secondary N) is 1. The Morgan fingerprint density at radius 2 is 2.19 bits per heavy atom. The van der Waals surface area contributed by atoms with Crippen LogP contribution in [0.1, 0.15) is 19.8 Å². The van der Waals surface area contributed by atoms with Crippen molar-refractivity contribution in [3.63, 3.8) is 0 Å². The van der Waals surface area contributed by atoms with Gasteiger partial charge in [0.1, 0.15) is 0 Å². The number of carbonyl (C=O) groups excluding carboxylic acids is 3. The molecule has 2 rings (SSSR count). The van der Waals surface area contributed by atoms with Crippen molar-refractivity contribution in [1.82, 2.24) is 10.3 Å². The molecule has 2 aliphatic rings. The van der Waals surface area contributed by atoms with Gasteiger partial charge < -0.3 is 4.90 Å². The van der Waals surface area contributed by atoms with Crippen LogP contribution in [0.15, 0.2) is 5.10 Å². The van der Waals surface area contributed by atoms with E-state index in [0.29, 0.717) is 13.0 Å². The Morgan fingerprint density at radius 1 is 1.44 bits per heavy atom. The van der Waals surface area contributed by atoms with Gasteiger partial charge in [-0.2, -0.15) is 5.10 Å². The summed E-state index contributed by atoms with van der Waals surface area (Å²) in [4.78, 5) is 35.2. The highest BCUT2D eigenvalue weighted by atomic mass is 16.2. The summed E-state index contributed by atoms with van der Waals surface area (Å²) in [7, 11) is 0. The zero-order valence-electron chi connectivity index (χ0n) is 9.02. The van der Waals surface area contributed by atoms with E-state index in [1.807, 2.05) is 0 Å². The van der Waals surface area contributed by atoms with Crippen molar-refractivity contribution in [2.24, 2.45) is 11.0 Å². The van der Waals surface area contributed by atoms with Crippen molar-refractivity contribution < 1.29 is 14.4 Å². The zero-order chi connectivity index (χ0) is 11.7. The minimum absolute atomic E-state index is 0.00390. The molecule has 2 aliphatic heterocycles. The van der Waals surface area contributed by atoms with Gasteiger partial charge >= 0.3 is 0 Å². The molecule has 0 saturated carbocycles. The van der Waals surface area contributed by atoms with E-state index in [0.717, 1.165) is 5.71 Å². The van der Waals surface area contributed by atoms with E-state index in [9.17, 15) is 14.4 Å². The van der Waals surface area contributed by atoms with Crippen LogP contribution in [-0.2, 0) is 14.4 Å². The average molecular weight is 223 g/mol. The first-order valence-electron chi connectivity index (χ1n) is 5.21. The van der Waals surface area contributed by atoms with E-state index < -0.39 is 0 Å². The summed E-state index contributed by atoms with van der Waals surface area (Å²) in [5.41, 5.74) is 3.13. The van der Waals surface area contributed by atoms with Crippen LogP contribution >= 0.6 is 0 Å². The third-order valence-electron chi connectivity index (χ3n) is 2.92. The van der Waals surface area contributed by atoms with Crippen molar-refractivity contribution in [3.8, 4) is 0 Å². The molecule has 16 heavy (non-hydrogen) atoms. The van der Waals surface area contributed by atoms with Crippen LogP contribution in [0.4, 0.5) is 0 Å². The molecule has 1 N–H and O–H groups in total. The standard InChI is InChI=1S/C10H13N3O3/c1-6-8(10(16)12-11-6)2-3-13-5-7(14)4-9(13)15/h8H,2-5H2,1H3,(H,12,16). The summed E-state index contributed by atoms with van der Waals surface area (Å²) in [5, 5.41) is 3.82. The quantitative estimate of drug-likeness (QED) is 0.642. The van der Waals surface area contributed by atoms with E-state index in [-0.39, 0.29) is 36.5 Å². The summed E-state index contributed by atoms with van der Waals surface area (Å²) in [6.07, 6.45) is 0.532. The number of nitrogens with zero attached hydrogens (tertiary/aromatic N) is 2. The van der Waals surface area contributed by atoms with Crippen LogP contribution in [0.5, 0.6) is 0 Å². The van der Waals surface area contributed by atoms with Gasteiger partial charge in [-0.3, -0.25) is 14.4 Å². The molecule has 0 bridgehead atoms. The van der Waals surface area contributed by atoms with Gasteiger partial charge in [-0.1, -0.05) is 0 Å². The molecule has 0 spiro atoms. The SMILES string of the molecule is CC1=NNC(=O)C1CCN1CC(=O)CC1=O. The fourth-order valence-electron chi connectivity index (χ4n) is 1.95. The van der Waals surface area contributed by atoms with Crippen molar-refractivity contribution >= 4 is 23.3 Å². The van der Waals surface area contributed by atoms with Crippen LogP contribution in [0.2, 0.25) is 0 Å². The first-order valence-corrected chi connectivity index (χ1v) is 5.21. The second-order valence-electron chi connectivity index (χ2n) is 4.10. The molecule has 1 atom stereocenters. The van der Waals surface area contributed by atoms with Crippen LogP contribution in [-0.4, -0.2) is 41.3 Å². The lowest BCUT2D eigenvalue weighted by Crippen LogP contribution is -2.31. The predicted molar refractivity (Wildman–Crippen MR) is 55.6 cm³/mol. The summed E-state index contributed by atoms with van der Waals surface area (Å²) in [5.74, 6) is -0.580. The van der Waals surface area contributed by atoms with Gasteiger partial charge in [-0.25, -0.2) is 5.43 Å². The van der Waals surface area contributed by atoms with E-state index in [4.69, 9.17) is 0 Å². The summed E-state index contributed by atoms with van der Waals surface area (Å²) < 4.78 is 0. The number of amides is 2. The predicted octanol–water partition coefficient (Wildman–Crippen LogP) is -0.700. The highest BCUT2D eigenvalue weighted by Crippen LogP contribution is 2.14. The van der Waals surface area contributed by atoms with Gasteiger partial charge in [-0.05, 0) is 13.3 Å². The number of Topliss-reactive ketones (excluding diaryl/α,β-unsaturated/α-hetero) is 1. The molecular formula is C10H13N3O3. The lowest BCUT2D eigenvalue weighted by Gasteiger charge is -2.16. The molecule has 0 aromatic rings. The molecule has 86 valence electrons. The monoisotopic (exact) mass is 223 g/mol. The van der Waals surface area contributed by atoms with Gasteiger partial charge in [0.15, 0.2) is 5.78 Å². The highest BCUT2D eigenvalue weighted by Gasteiger charge is 2.31. The molecule has 2 heterocycles. The third-order valence-corrected chi connectivity index (χ3v) is 2.92. The minimum Gasteiger partial charge on any atom is -0.335 e. The summed E-state index contributed by atoms with van der Waals surface area (Å²) in [6, 6.07) is 0. The molecule has 0 radical (unpaired) electrons. The Bertz CT molecular complexity index is 389. The molecule has 1 fully saturated rings. The fourth-order valence-corrected chi connectivity index (χ4v) is 1.95. The van der Waals surface area contributed by atoms with Crippen molar-refractivity contribution in [2.75, 3.05) is 13.1 Å². The molecule has 0 aromatic carbocycles. The number of ketones is 1. The van der Waals surface area contributed by atoms with Gasteiger partial charge in [0, 0.05) is 12.3 Å². The number of rotatable bonds is 3. The molecule has 0 aromatic heterocycles. The largest absolute Gasteiger partial charge is 0.335 e. The van der Waals surface area contributed by atoms with Gasteiger partial charge in [-0.15, -0.1) is 0 Å². The van der Waals surface area contributed by atoms with Crippen molar-refractivity contribution in [3.05, 3.63) is 0 Å². The van der Waals surface area contributed by atoms with Crippen LogP contribution in [0, 0.1) is 5.92 Å². The number of hydrazone groups is 1. The molecule has 2 amide bonds. The van der Waals surface area contributed by atoms with E-state index in [2.05, 4.69) is 10.5 Å². The normalized spacial score (nSPS) is 25.1. The van der Waals surface area contributed by atoms with Gasteiger partial charge in [0.25, 0.3) is 0 Å². The molecule has 0 aliphatic carbocycles. The third kappa shape index (κ3) is 1.95. The number of hydrogen-bond acceptors (Lipinski definition) is 4. The topological polar surface area (TPSA) is 78.8 Å². The summed E-state index contributed by atoms with van der Waals surface area (Å²) in [6.45, 7) is 2.40.